The van der Waals surface area contributed by atoms with Gasteiger partial charge in [0.25, 0.3) is 0 Å². The van der Waals surface area contributed by atoms with Crippen LogP contribution in [0, 0.1) is 5.41 Å². The van der Waals surface area contributed by atoms with Crippen molar-refractivity contribution in [1.82, 2.24) is 5.43 Å². The molecule has 0 saturated carbocycles. The zero-order chi connectivity index (χ0) is 11.6. The molecule has 4 heteroatoms. The normalized spacial score (nSPS) is 14.0. The third-order valence-electron chi connectivity index (χ3n) is 2.31. The van der Waals surface area contributed by atoms with Crippen LogP contribution < -0.4 is 11.3 Å². The molecule has 0 fully saturated rings. The van der Waals surface area contributed by atoms with Gasteiger partial charge in [0.05, 0.1) is 6.04 Å². The van der Waals surface area contributed by atoms with E-state index in [1.807, 2.05) is 12.1 Å². The quantitative estimate of drug-likeness (QED) is 0.619. The summed E-state index contributed by atoms with van der Waals surface area (Å²) >= 11 is 12.0. The first-order chi connectivity index (χ1) is 6.86. The number of hydrogen-bond donors (Lipinski definition) is 2. The van der Waals surface area contributed by atoms with Crippen LogP contribution in [0.1, 0.15) is 32.4 Å². The van der Waals surface area contributed by atoms with Gasteiger partial charge >= 0.3 is 0 Å². The van der Waals surface area contributed by atoms with Gasteiger partial charge in [0, 0.05) is 10.0 Å². The van der Waals surface area contributed by atoms with Gasteiger partial charge in [0.2, 0.25) is 0 Å². The molecule has 0 radical (unpaired) electrons. The van der Waals surface area contributed by atoms with Crippen molar-refractivity contribution in [3.63, 3.8) is 0 Å². The van der Waals surface area contributed by atoms with E-state index in [1.54, 1.807) is 6.07 Å². The number of nitrogens with one attached hydrogen (secondary N) is 1. The Morgan fingerprint density at radius 1 is 1.27 bits per heavy atom. The van der Waals surface area contributed by atoms with Gasteiger partial charge in [-0.1, -0.05) is 50.0 Å². The number of rotatable bonds is 2. The Balaban J connectivity index is 3.13. The molecule has 1 unspecified atom stereocenters. The van der Waals surface area contributed by atoms with Crippen molar-refractivity contribution in [3.8, 4) is 0 Å². The second-order valence-electron chi connectivity index (χ2n) is 4.63. The van der Waals surface area contributed by atoms with Gasteiger partial charge in [-0.3, -0.25) is 11.3 Å². The van der Waals surface area contributed by atoms with Crippen LogP contribution in [0.3, 0.4) is 0 Å². The highest BCUT2D eigenvalue weighted by Gasteiger charge is 2.26. The van der Waals surface area contributed by atoms with E-state index in [-0.39, 0.29) is 11.5 Å². The molecule has 1 aromatic rings. The van der Waals surface area contributed by atoms with Gasteiger partial charge in [-0.25, -0.2) is 0 Å². The molecule has 0 aromatic heterocycles. The Morgan fingerprint density at radius 3 is 2.27 bits per heavy atom. The molecule has 1 aromatic carbocycles. The van der Waals surface area contributed by atoms with Crippen LogP contribution in [0.4, 0.5) is 0 Å². The van der Waals surface area contributed by atoms with E-state index in [2.05, 4.69) is 26.2 Å². The van der Waals surface area contributed by atoms with E-state index in [9.17, 15) is 0 Å². The largest absolute Gasteiger partial charge is 0.271 e. The molecule has 84 valence electrons. The lowest BCUT2D eigenvalue weighted by Crippen LogP contribution is -2.37. The molecule has 15 heavy (non-hydrogen) atoms. The molecule has 0 aliphatic rings. The van der Waals surface area contributed by atoms with Gasteiger partial charge in [-0.15, -0.1) is 0 Å². The molecule has 1 atom stereocenters. The topological polar surface area (TPSA) is 38.0 Å². The Kier molecular flexibility index (Phi) is 4.01. The third kappa shape index (κ3) is 3.08. The Bertz CT molecular complexity index is 345. The van der Waals surface area contributed by atoms with Crippen molar-refractivity contribution in [2.75, 3.05) is 0 Å². The van der Waals surface area contributed by atoms with Crippen LogP contribution in [0.2, 0.25) is 10.0 Å². The van der Waals surface area contributed by atoms with Crippen molar-refractivity contribution in [2.24, 2.45) is 11.3 Å². The minimum atomic E-state index is -0.00772. The smallest absolute Gasteiger partial charge is 0.0523 e. The molecule has 2 nitrogen and oxygen atoms in total. The van der Waals surface area contributed by atoms with Crippen LogP contribution >= 0.6 is 23.2 Å². The van der Waals surface area contributed by atoms with Crippen LogP contribution in [0.5, 0.6) is 0 Å². The lowest BCUT2D eigenvalue weighted by atomic mass is 9.83. The summed E-state index contributed by atoms with van der Waals surface area (Å²) in [5, 5.41) is 1.27. The lowest BCUT2D eigenvalue weighted by molar-refractivity contribution is 0.275. The number of benzene rings is 1. The minimum absolute atomic E-state index is 0.00210. The number of nitrogens with two attached hydrogens (primary N) is 1. The summed E-state index contributed by atoms with van der Waals surface area (Å²) in [5.41, 5.74) is 3.75. The van der Waals surface area contributed by atoms with E-state index < -0.39 is 0 Å². The molecular formula is C11H16Cl2N2. The lowest BCUT2D eigenvalue weighted by Gasteiger charge is -2.31. The highest BCUT2D eigenvalue weighted by molar-refractivity contribution is 6.35. The van der Waals surface area contributed by atoms with Crippen LogP contribution in [0.25, 0.3) is 0 Å². The maximum absolute atomic E-state index is 6.13. The molecule has 0 aliphatic heterocycles. The van der Waals surface area contributed by atoms with E-state index in [1.165, 1.54) is 0 Å². The highest BCUT2D eigenvalue weighted by Crippen LogP contribution is 2.36. The Morgan fingerprint density at radius 2 is 1.87 bits per heavy atom. The van der Waals surface area contributed by atoms with E-state index in [0.29, 0.717) is 10.0 Å². The standard InChI is InChI=1S/C11H16Cl2N2/c1-11(2,3)10(15-14)8-5-4-7(12)6-9(8)13/h4-6,10,15H,14H2,1-3H3. The first-order valence-electron chi connectivity index (χ1n) is 4.77. The summed E-state index contributed by atoms with van der Waals surface area (Å²) in [6.07, 6.45) is 0. The van der Waals surface area contributed by atoms with Gasteiger partial charge in [0.1, 0.15) is 0 Å². The summed E-state index contributed by atoms with van der Waals surface area (Å²) in [6, 6.07) is 5.45. The third-order valence-corrected chi connectivity index (χ3v) is 2.87. The molecule has 0 amide bonds. The molecule has 0 spiro atoms. The summed E-state index contributed by atoms with van der Waals surface area (Å²) in [7, 11) is 0. The second kappa shape index (κ2) is 4.71. The zero-order valence-electron chi connectivity index (χ0n) is 9.14. The molecule has 0 saturated heterocycles. The van der Waals surface area contributed by atoms with Crippen LogP contribution in [-0.4, -0.2) is 0 Å². The van der Waals surface area contributed by atoms with Gasteiger partial charge < -0.3 is 0 Å². The molecule has 0 bridgehead atoms. The van der Waals surface area contributed by atoms with Gasteiger partial charge in [-0.2, -0.15) is 0 Å². The SMILES string of the molecule is CC(C)(C)C(NN)c1ccc(Cl)cc1Cl. The molecule has 0 aliphatic carbocycles. The molecule has 0 heterocycles. The van der Waals surface area contributed by atoms with Crippen molar-refractivity contribution < 1.29 is 0 Å². The van der Waals surface area contributed by atoms with E-state index in [0.717, 1.165) is 5.56 Å². The average molecular weight is 247 g/mol. The molecule has 1 rings (SSSR count). The maximum atomic E-state index is 6.13. The fraction of sp³-hybridized carbons (Fsp3) is 0.455. The predicted octanol–water partition coefficient (Wildman–Crippen LogP) is 3.54. The van der Waals surface area contributed by atoms with Crippen molar-refractivity contribution in [3.05, 3.63) is 33.8 Å². The monoisotopic (exact) mass is 246 g/mol. The highest BCUT2D eigenvalue weighted by atomic mass is 35.5. The number of hydrogen-bond acceptors (Lipinski definition) is 2. The molecule has 3 N–H and O–H groups in total. The first kappa shape index (κ1) is 12.8. The van der Waals surface area contributed by atoms with E-state index in [4.69, 9.17) is 29.0 Å². The Hall–Kier alpha value is -0.280. The first-order valence-corrected chi connectivity index (χ1v) is 5.53. The zero-order valence-corrected chi connectivity index (χ0v) is 10.7. The molecular weight excluding hydrogens is 231 g/mol. The van der Waals surface area contributed by atoms with Gasteiger partial charge in [0.15, 0.2) is 0 Å². The average Bonchev–Trinajstić information content (AvgIpc) is 2.07. The summed E-state index contributed by atoms with van der Waals surface area (Å²) in [6.45, 7) is 6.30. The van der Waals surface area contributed by atoms with Gasteiger partial charge in [-0.05, 0) is 23.1 Å². The number of hydrazine groups is 1. The minimum Gasteiger partial charge on any atom is -0.271 e. The number of halogens is 2. The summed E-state index contributed by atoms with van der Waals surface area (Å²) in [4.78, 5) is 0. The van der Waals surface area contributed by atoms with Crippen LogP contribution in [0.15, 0.2) is 18.2 Å². The van der Waals surface area contributed by atoms with E-state index >= 15 is 0 Å². The van der Waals surface area contributed by atoms with Crippen molar-refractivity contribution in [1.29, 1.82) is 0 Å². The maximum Gasteiger partial charge on any atom is 0.0523 e. The summed E-state index contributed by atoms with van der Waals surface area (Å²) < 4.78 is 0. The van der Waals surface area contributed by atoms with Crippen LogP contribution in [-0.2, 0) is 0 Å². The van der Waals surface area contributed by atoms with Crippen molar-refractivity contribution in [2.45, 2.75) is 26.8 Å². The fourth-order valence-corrected chi connectivity index (χ4v) is 2.06. The summed E-state index contributed by atoms with van der Waals surface area (Å²) in [5.74, 6) is 5.56. The second-order valence-corrected chi connectivity index (χ2v) is 5.48. The Labute approximate surface area is 101 Å². The fourth-order valence-electron chi connectivity index (χ4n) is 1.54. The predicted molar refractivity (Wildman–Crippen MR) is 66.0 cm³/mol. The van der Waals surface area contributed by atoms with Crippen molar-refractivity contribution >= 4 is 23.2 Å².